The fraction of sp³-hybridized carbons (Fsp3) is 0.680. The van der Waals surface area contributed by atoms with Crippen molar-refractivity contribution in [3.63, 3.8) is 0 Å². The Morgan fingerprint density at radius 1 is 1.16 bits per heavy atom. The Morgan fingerprint density at radius 2 is 1.84 bits per heavy atom. The summed E-state index contributed by atoms with van der Waals surface area (Å²) in [5.41, 5.74) is 0.746. The van der Waals surface area contributed by atoms with Crippen molar-refractivity contribution < 1.29 is 14.3 Å². The molecule has 0 spiro atoms. The summed E-state index contributed by atoms with van der Waals surface area (Å²) in [4.78, 5) is 29.8. The van der Waals surface area contributed by atoms with E-state index in [4.69, 9.17) is 4.74 Å². The maximum absolute atomic E-state index is 13.2. The van der Waals surface area contributed by atoms with Crippen molar-refractivity contribution in [3.05, 3.63) is 35.9 Å². The molecule has 4 atom stereocenters. The molecule has 0 unspecified atom stereocenters. The van der Waals surface area contributed by atoms with Crippen LogP contribution in [0.15, 0.2) is 30.3 Å². The molecule has 1 N–H and O–H groups in total. The van der Waals surface area contributed by atoms with Crippen LogP contribution in [0.3, 0.4) is 0 Å². The molecule has 0 bridgehead atoms. The highest BCUT2D eigenvalue weighted by Gasteiger charge is 2.44. The van der Waals surface area contributed by atoms with Gasteiger partial charge in [0.05, 0.1) is 0 Å². The second-order valence-electron chi connectivity index (χ2n) is 10.6. The molecule has 31 heavy (non-hydrogen) atoms. The second kappa shape index (κ2) is 9.60. The molecule has 1 aromatic carbocycles. The Kier molecular flexibility index (Phi) is 7.30. The van der Waals surface area contributed by atoms with E-state index in [0.717, 1.165) is 32.5 Å². The number of likely N-dealkylation sites (tertiary alicyclic amines) is 1. The second-order valence-corrected chi connectivity index (χ2v) is 10.6. The lowest BCUT2D eigenvalue weighted by Crippen LogP contribution is -2.54. The predicted molar refractivity (Wildman–Crippen MR) is 122 cm³/mol. The highest BCUT2D eigenvalue weighted by molar-refractivity contribution is 5.86. The summed E-state index contributed by atoms with van der Waals surface area (Å²) in [5.74, 6) is 1.03. The van der Waals surface area contributed by atoms with Crippen molar-refractivity contribution in [2.45, 2.75) is 71.7 Å². The third-order valence-electron chi connectivity index (χ3n) is 6.51. The topological polar surface area (TPSA) is 61.9 Å². The van der Waals surface area contributed by atoms with Gasteiger partial charge in [-0.15, -0.1) is 0 Å². The minimum atomic E-state index is -0.589. The smallest absolute Gasteiger partial charge is 0.410 e. The molecule has 6 heteroatoms. The van der Waals surface area contributed by atoms with Gasteiger partial charge in [-0.1, -0.05) is 44.2 Å². The van der Waals surface area contributed by atoms with Crippen molar-refractivity contribution in [2.24, 2.45) is 17.8 Å². The maximum atomic E-state index is 13.2. The van der Waals surface area contributed by atoms with Crippen LogP contribution in [0.1, 0.15) is 53.0 Å². The van der Waals surface area contributed by atoms with Crippen LogP contribution in [0.2, 0.25) is 0 Å². The number of nitrogens with zero attached hydrogens (tertiary/aromatic N) is 2. The zero-order valence-electron chi connectivity index (χ0n) is 19.9. The summed E-state index contributed by atoms with van der Waals surface area (Å²) in [6.07, 6.45) is 1.71. The van der Waals surface area contributed by atoms with Crippen molar-refractivity contribution in [3.8, 4) is 0 Å². The quantitative estimate of drug-likeness (QED) is 0.745. The molecule has 0 aromatic heterocycles. The van der Waals surface area contributed by atoms with E-state index in [-0.39, 0.29) is 17.9 Å². The van der Waals surface area contributed by atoms with Gasteiger partial charge in [-0.05, 0) is 56.9 Å². The van der Waals surface area contributed by atoms with E-state index in [1.165, 1.54) is 10.5 Å². The largest absolute Gasteiger partial charge is 0.444 e. The third-order valence-corrected chi connectivity index (χ3v) is 6.51. The zero-order valence-corrected chi connectivity index (χ0v) is 19.9. The fourth-order valence-electron chi connectivity index (χ4n) is 5.15. The number of benzene rings is 1. The number of nitrogens with one attached hydrogen (secondary N) is 1. The van der Waals surface area contributed by atoms with Gasteiger partial charge >= 0.3 is 6.09 Å². The number of likely N-dealkylation sites (N-methyl/N-ethyl adjacent to an activating group) is 1. The molecule has 1 saturated heterocycles. The number of hydrogen-bond acceptors (Lipinski definition) is 4. The van der Waals surface area contributed by atoms with Crippen molar-refractivity contribution in [1.82, 2.24) is 15.1 Å². The van der Waals surface area contributed by atoms with Crippen LogP contribution in [0.25, 0.3) is 0 Å². The predicted octanol–water partition coefficient (Wildman–Crippen LogP) is 3.90. The van der Waals surface area contributed by atoms with Crippen LogP contribution >= 0.6 is 0 Å². The number of amides is 2. The van der Waals surface area contributed by atoms with E-state index in [9.17, 15) is 9.59 Å². The van der Waals surface area contributed by atoms with Crippen LogP contribution in [0, 0.1) is 17.8 Å². The molecule has 172 valence electrons. The lowest BCUT2D eigenvalue weighted by Gasteiger charge is -2.33. The molecular formula is C25H39N3O3. The molecule has 2 aliphatic rings. The molecule has 1 aliphatic heterocycles. The molecule has 0 radical (unpaired) electrons. The number of carbonyl (C=O) groups is 2. The number of ether oxygens (including phenoxy) is 1. The first-order chi connectivity index (χ1) is 14.5. The first-order valence-corrected chi connectivity index (χ1v) is 11.6. The summed E-state index contributed by atoms with van der Waals surface area (Å²) in [6, 6.07) is 10.2. The number of fused-ring (bicyclic) bond motifs is 1. The summed E-state index contributed by atoms with van der Waals surface area (Å²) < 4.78 is 5.49. The van der Waals surface area contributed by atoms with E-state index in [1.54, 1.807) is 7.05 Å². The average Bonchev–Trinajstić information content (AvgIpc) is 3.22. The van der Waals surface area contributed by atoms with Gasteiger partial charge in [0, 0.05) is 32.7 Å². The minimum absolute atomic E-state index is 0.00660. The lowest BCUT2D eigenvalue weighted by molar-refractivity contribution is -0.128. The summed E-state index contributed by atoms with van der Waals surface area (Å²) in [6.45, 7) is 12.5. The Bertz CT molecular complexity index is 759. The Labute approximate surface area is 187 Å². The maximum Gasteiger partial charge on any atom is 0.410 e. The molecule has 1 saturated carbocycles. The van der Waals surface area contributed by atoms with Crippen molar-refractivity contribution in [1.29, 1.82) is 0 Å². The monoisotopic (exact) mass is 429 g/mol. The number of hydrogen-bond donors (Lipinski definition) is 1. The standard InChI is InChI=1S/C25H39N3O3/c1-17(2)22(27(6)24(30)31-25(3,4)5)23(29)26-21-13-12-19-15-28(16-20(19)21)14-18-10-8-7-9-11-18/h7-11,17,19-22H,12-16H2,1-6H3,(H,26,29)/t19-,20+,21+,22+/m1/s1. The normalized spacial score (nSPS) is 24.7. The van der Waals surface area contributed by atoms with Crippen LogP contribution < -0.4 is 5.32 Å². The van der Waals surface area contributed by atoms with E-state index >= 15 is 0 Å². The van der Waals surface area contributed by atoms with Gasteiger partial charge in [0.15, 0.2) is 0 Å². The molecule has 1 aromatic rings. The minimum Gasteiger partial charge on any atom is -0.444 e. The van der Waals surface area contributed by atoms with Gasteiger partial charge in [-0.2, -0.15) is 0 Å². The van der Waals surface area contributed by atoms with Crippen molar-refractivity contribution in [2.75, 3.05) is 20.1 Å². The zero-order chi connectivity index (χ0) is 22.8. The molecule has 3 rings (SSSR count). The van der Waals surface area contributed by atoms with Crippen LogP contribution in [0.4, 0.5) is 4.79 Å². The molecule has 1 aliphatic carbocycles. The third kappa shape index (κ3) is 6.00. The summed E-state index contributed by atoms with van der Waals surface area (Å²) >= 11 is 0. The molecule has 2 fully saturated rings. The van der Waals surface area contributed by atoms with E-state index in [1.807, 2.05) is 40.7 Å². The lowest BCUT2D eigenvalue weighted by atomic mass is 9.96. The first kappa shape index (κ1) is 23.6. The van der Waals surface area contributed by atoms with Crippen LogP contribution in [-0.2, 0) is 16.1 Å². The van der Waals surface area contributed by atoms with E-state index in [2.05, 4.69) is 34.5 Å². The molecule has 6 nitrogen and oxygen atoms in total. The van der Waals surface area contributed by atoms with Crippen LogP contribution in [0.5, 0.6) is 0 Å². The first-order valence-electron chi connectivity index (χ1n) is 11.6. The highest BCUT2D eigenvalue weighted by Crippen LogP contribution is 2.38. The summed E-state index contributed by atoms with van der Waals surface area (Å²) in [5, 5.41) is 3.30. The van der Waals surface area contributed by atoms with Crippen molar-refractivity contribution >= 4 is 12.0 Å². The highest BCUT2D eigenvalue weighted by atomic mass is 16.6. The van der Waals surface area contributed by atoms with E-state index in [0.29, 0.717) is 11.8 Å². The van der Waals surface area contributed by atoms with Gasteiger partial charge in [0.2, 0.25) is 5.91 Å². The molecular weight excluding hydrogens is 390 g/mol. The molecule has 1 heterocycles. The van der Waals surface area contributed by atoms with Gasteiger partial charge in [-0.3, -0.25) is 14.6 Å². The van der Waals surface area contributed by atoms with Gasteiger partial charge in [-0.25, -0.2) is 4.79 Å². The molecule has 2 amide bonds. The average molecular weight is 430 g/mol. The van der Waals surface area contributed by atoms with Gasteiger partial charge in [0.25, 0.3) is 0 Å². The van der Waals surface area contributed by atoms with Gasteiger partial charge < -0.3 is 10.1 Å². The Morgan fingerprint density at radius 3 is 2.45 bits per heavy atom. The summed E-state index contributed by atoms with van der Waals surface area (Å²) in [7, 11) is 1.66. The SMILES string of the molecule is CC(C)[C@@H](C(=O)N[C@H]1CC[C@@H]2CN(Cc3ccccc3)C[C@@H]21)N(C)C(=O)OC(C)(C)C. The number of carbonyl (C=O) groups excluding carboxylic acids is 2. The number of rotatable bonds is 6. The van der Waals surface area contributed by atoms with Crippen LogP contribution in [-0.4, -0.2) is 59.6 Å². The van der Waals surface area contributed by atoms with Gasteiger partial charge in [0.1, 0.15) is 11.6 Å². The fourth-order valence-corrected chi connectivity index (χ4v) is 5.15. The Balaban J connectivity index is 1.60. The Hall–Kier alpha value is -2.08. The van der Waals surface area contributed by atoms with E-state index < -0.39 is 17.7 Å².